The normalized spacial score (nSPS) is 10.1. The van der Waals surface area contributed by atoms with Crippen LogP contribution < -0.4 is 10.6 Å². The molecule has 20 heavy (non-hydrogen) atoms. The van der Waals surface area contributed by atoms with E-state index in [4.69, 9.17) is 23.8 Å². The fourth-order valence-corrected chi connectivity index (χ4v) is 2.03. The maximum Gasteiger partial charge on any atom is 0.173 e. The number of hydrogen-bond donors (Lipinski definition) is 2. The van der Waals surface area contributed by atoms with Crippen LogP contribution in [0.25, 0.3) is 0 Å². The lowest BCUT2D eigenvalue weighted by molar-refractivity contribution is 0.690. The number of hydrogen-bond acceptors (Lipinski definition) is 2. The van der Waals surface area contributed by atoms with Gasteiger partial charge in [0.15, 0.2) is 10.9 Å². The van der Waals surface area contributed by atoms with Crippen molar-refractivity contribution >= 4 is 34.7 Å². The van der Waals surface area contributed by atoms with Gasteiger partial charge in [-0.2, -0.15) is 5.10 Å². The van der Waals surface area contributed by atoms with Gasteiger partial charge in [-0.05, 0) is 17.8 Å². The third kappa shape index (κ3) is 4.08. The van der Waals surface area contributed by atoms with Crippen LogP contribution >= 0.6 is 23.8 Å². The summed E-state index contributed by atoms with van der Waals surface area (Å²) in [6, 6.07) is 10.1. The average Bonchev–Trinajstić information content (AvgIpc) is 2.77. The smallest absolute Gasteiger partial charge is 0.173 e. The van der Waals surface area contributed by atoms with Gasteiger partial charge in [-0.3, -0.25) is 4.68 Å². The summed E-state index contributed by atoms with van der Waals surface area (Å²) >= 11 is 11.3. The SMILES string of the molecule is C=CCNC(=S)Nc1nn(Cc2ccccc2)cc1Cl. The lowest BCUT2D eigenvalue weighted by atomic mass is 10.2. The van der Waals surface area contributed by atoms with Crippen LogP contribution in [0.3, 0.4) is 0 Å². The molecule has 2 rings (SSSR count). The Hall–Kier alpha value is -1.85. The van der Waals surface area contributed by atoms with Gasteiger partial charge in [-0.1, -0.05) is 48.0 Å². The highest BCUT2D eigenvalue weighted by Gasteiger charge is 2.08. The van der Waals surface area contributed by atoms with Crippen molar-refractivity contribution in [1.82, 2.24) is 15.1 Å². The van der Waals surface area contributed by atoms with Crippen LogP contribution in [0.5, 0.6) is 0 Å². The fourth-order valence-electron chi connectivity index (χ4n) is 1.65. The second kappa shape index (κ2) is 7.07. The van der Waals surface area contributed by atoms with E-state index in [1.165, 1.54) is 0 Å². The average molecular weight is 307 g/mol. The van der Waals surface area contributed by atoms with E-state index < -0.39 is 0 Å². The summed E-state index contributed by atoms with van der Waals surface area (Å²) in [5, 5.41) is 11.3. The van der Waals surface area contributed by atoms with Gasteiger partial charge in [-0.15, -0.1) is 6.58 Å². The molecule has 0 saturated heterocycles. The first-order valence-corrected chi connectivity index (χ1v) is 6.90. The summed E-state index contributed by atoms with van der Waals surface area (Å²) in [5.74, 6) is 0.546. The number of rotatable bonds is 5. The Balaban J connectivity index is 2.02. The molecule has 2 N–H and O–H groups in total. The van der Waals surface area contributed by atoms with Crippen molar-refractivity contribution in [1.29, 1.82) is 0 Å². The Bertz CT molecular complexity index is 594. The summed E-state index contributed by atoms with van der Waals surface area (Å²) in [5.41, 5.74) is 1.16. The minimum Gasteiger partial charge on any atom is -0.359 e. The van der Waals surface area contributed by atoms with Crippen LogP contribution in [0, 0.1) is 0 Å². The molecule has 0 fully saturated rings. The molecular weight excluding hydrogens is 292 g/mol. The summed E-state index contributed by atoms with van der Waals surface area (Å²) in [4.78, 5) is 0. The van der Waals surface area contributed by atoms with E-state index in [-0.39, 0.29) is 0 Å². The maximum absolute atomic E-state index is 6.14. The van der Waals surface area contributed by atoms with Gasteiger partial charge in [0, 0.05) is 12.7 Å². The molecule has 1 aromatic carbocycles. The van der Waals surface area contributed by atoms with Gasteiger partial charge in [0.05, 0.1) is 6.54 Å². The number of nitrogens with one attached hydrogen (secondary N) is 2. The standard InChI is InChI=1S/C14H15ClN4S/c1-2-8-16-14(20)17-13-12(15)10-19(18-13)9-11-6-4-3-5-7-11/h2-7,10H,1,8-9H2,(H2,16,17,18,20). The van der Waals surface area contributed by atoms with Gasteiger partial charge in [0.1, 0.15) is 5.02 Å². The second-order valence-corrected chi connectivity index (χ2v) is 4.95. The van der Waals surface area contributed by atoms with Crippen LogP contribution in [0.4, 0.5) is 5.82 Å². The minimum atomic E-state index is 0.469. The van der Waals surface area contributed by atoms with Crippen LogP contribution in [-0.2, 0) is 6.54 Å². The molecule has 0 amide bonds. The Kier molecular flexibility index (Phi) is 5.15. The largest absolute Gasteiger partial charge is 0.359 e. The van der Waals surface area contributed by atoms with Gasteiger partial charge >= 0.3 is 0 Å². The van der Waals surface area contributed by atoms with E-state index in [9.17, 15) is 0 Å². The zero-order chi connectivity index (χ0) is 14.4. The van der Waals surface area contributed by atoms with E-state index in [0.717, 1.165) is 5.56 Å². The highest BCUT2D eigenvalue weighted by molar-refractivity contribution is 7.80. The zero-order valence-corrected chi connectivity index (χ0v) is 12.4. The van der Waals surface area contributed by atoms with Crippen molar-refractivity contribution < 1.29 is 0 Å². The first kappa shape index (κ1) is 14.6. The molecular formula is C14H15ClN4S. The quantitative estimate of drug-likeness (QED) is 0.658. The maximum atomic E-state index is 6.14. The zero-order valence-electron chi connectivity index (χ0n) is 10.8. The van der Waals surface area contributed by atoms with Crippen molar-refractivity contribution in [3.8, 4) is 0 Å². The number of anilines is 1. The van der Waals surface area contributed by atoms with E-state index in [1.54, 1.807) is 17.0 Å². The molecule has 1 aromatic heterocycles. The van der Waals surface area contributed by atoms with Gasteiger partial charge < -0.3 is 10.6 Å². The molecule has 0 aliphatic heterocycles. The summed E-state index contributed by atoms with van der Waals surface area (Å²) in [6.45, 7) is 4.87. The monoisotopic (exact) mass is 306 g/mol. The fraction of sp³-hybridized carbons (Fsp3) is 0.143. The van der Waals surface area contributed by atoms with Crippen molar-refractivity contribution in [2.24, 2.45) is 0 Å². The number of aromatic nitrogens is 2. The molecule has 6 heteroatoms. The topological polar surface area (TPSA) is 41.9 Å². The molecule has 0 aliphatic carbocycles. The molecule has 2 aromatic rings. The van der Waals surface area contributed by atoms with E-state index in [0.29, 0.717) is 29.0 Å². The van der Waals surface area contributed by atoms with Crippen LogP contribution in [0.2, 0.25) is 5.02 Å². The third-order valence-electron chi connectivity index (χ3n) is 2.54. The Morgan fingerprint density at radius 1 is 1.40 bits per heavy atom. The number of thiocarbonyl (C=S) groups is 1. The van der Waals surface area contributed by atoms with Gasteiger partial charge in [0.25, 0.3) is 0 Å². The Morgan fingerprint density at radius 2 is 2.15 bits per heavy atom. The number of benzene rings is 1. The molecule has 1 heterocycles. The molecule has 0 unspecified atom stereocenters. The molecule has 0 aliphatic rings. The van der Waals surface area contributed by atoms with Crippen molar-refractivity contribution in [3.63, 3.8) is 0 Å². The third-order valence-corrected chi connectivity index (χ3v) is 3.07. The highest BCUT2D eigenvalue weighted by Crippen LogP contribution is 2.19. The van der Waals surface area contributed by atoms with Gasteiger partial charge in [-0.25, -0.2) is 0 Å². The van der Waals surface area contributed by atoms with Crippen LogP contribution in [-0.4, -0.2) is 21.4 Å². The van der Waals surface area contributed by atoms with E-state index in [2.05, 4.69) is 22.3 Å². The number of halogens is 1. The van der Waals surface area contributed by atoms with Crippen molar-refractivity contribution in [2.45, 2.75) is 6.54 Å². The molecule has 4 nitrogen and oxygen atoms in total. The molecule has 0 atom stereocenters. The minimum absolute atomic E-state index is 0.469. The molecule has 0 radical (unpaired) electrons. The van der Waals surface area contributed by atoms with Gasteiger partial charge in [0.2, 0.25) is 0 Å². The summed E-state index contributed by atoms with van der Waals surface area (Å²) in [7, 11) is 0. The van der Waals surface area contributed by atoms with Crippen LogP contribution in [0.15, 0.2) is 49.2 Å². The first-order chi connectivity index (χ1) is 9.69. The predicted molar refractivity (Wildman–Crippen MR) is 87.2 cm³/mol. The Labute approximate surface area is 128 Å². The second-order valence-electron chi connectivity index (χ2n) is 4.13. The number of nitrogens with zero attached hydrogens (tertiary/aromatic N) is 2. The van der Waals surface area contributed by atoms with Crippen molar-refractivity contribution in [3.05, 3.63) is 59.8 Å². The molecule has 0 saturated carbocycles. The lowest BCUT2D eigenvalue weighted by Crippen LogP contribution is -2.28. The molecule has 0 spiro atoms. The highest BCUT2D eigenvalue weighted by atomic mass is 35.5. The van der Waals surface area contributed by atoms with Crippen LogP contribution in [0.1, 0.15) is 5.56 Å². The Morgan fingerprint density at radius 3 is 2.85 bits per heavy atom. The van der Waals surface area contributed by atoms with Crippen molar-refractivity contribution in [2.75, 3.05) is 11.9 Å². The molecule has 104 valence electrons. The lowest BCUT2D eigenvalue weighted by Gasteiger charge is -2.06. The summed E-state index contributed by atoms with van der Waals surface area (Å²) in [6.07, 6.45) is 3.50. The molecule has 0 bridgehead atoms. The first-order valence-electron chi connectivity index (χ1n) is 6.11. The predicted octanol–water partition coefficient (Wildman–Crippen LogP) is 3.06. The summed E-state index contributed by atoms with van der Waals surface area (Å²) < 4.78 is 1.77. The van der Waals surface area contributed by atoms with E-state index >= 15 is 0 Å². The van der Waals surface area contributed by atoms with E-state index in [1.807, 2.05) is 30.3 Å².